The lowest BCUT2D eigenvalue weighted by Crippen LogP contribution is -2.20. The summed E-state index contributed by atoms with van der Waals surface area (Å²) in [6.45, 7) is 0. The molecular weight excluding hydrogens is 319 g/mol. The van der Waals surface area contributed by atoms with Gasteiger partial charge in [-0.1, -0.05) is 30.3 Å². The van der Waals surface area contributed by atoms with E-state index in [9.17, 15) is 9.18 Å². The van der Waals surface area contributed by atoms with E-state index in [2.05, 4.69) is 5.32 Å². The molecule has 0 radical (unpaired) electrons. The van der Waals surface area contributed by atoms with Crippen molar-refractivity contribution in [2.24, 2.45) is 5.73 Å². The zero-order valence-corrected chi connectivity index (χ0v) is 14.1. The maximum Gasteiger partial charge on any atom is 0.226 e. The summed E-state index contributed by atoms with van der Waals surface area (Å²) in [7, 11) is 0. The molecule has 1 aliphatic carbocycles. The Balaban J connectivity index is 1.56. The van der Waals surface area contributed by atoms with Crippen molar-refractivity contribution < 1.29 is 13.9 Å². The summed E-state index contributed by atoms with van der Waals surface area (Å²) in [5.74, 6) is -0.469. The standard InChI is InChI=1S/C20H23FN2O2/c21-17-12-15(10-11-19(17)25-16-8-4-5-9-16)23-20(24)13-18(22)14-6-2-1-3-7-14/h1-3,6-7,10-12,16,18H,4-5,8-9,13,22H2,(H,23,24). The minimum absolute atomic E-state index is 0.0961. The van der Waals surface area contributed by atoms with Crippen LogP contribution in [0.5, 0.6) is 5.75 Å². The minimum atomic E-state index is -0.461. The molecule has 25 heavy (non-hydrogen) atoms. The summed E-state index contributed by atoms with van der Waals surface area (Å²) in [4.78, 5) is 12.1. The molecule has 1 fully saturated rings. The normalized spacial score (nSPS) is 15.8. The maximum atomic E-state index is 14.2. The lowest BCUT2D eigenvalue weighted by molar-refractivity contribution is -0.116. The van der Waals surface area contributed by atoms with Crippen LogP contribution >= 0.6 is 0 Å². The number of nitrogens with two attached hydrogens (primary N) is 1. The second kappa shape index (κ2) is 8.12. The molecule has 132 valence electrons. The van der Waals surface area contributed by atoms with Crippen LogP contribution in [0.3, 0.4) is 0 Å². The first-order chi connectivity index (χ1) is 12.1. The van der Waals surface area contributed by atoms with Crippen LogP contribution in [0.4, 0.5) is 10.1 Å². The molecule has 1 saturated carbocycles. The smallest absolute Gasteiger partial charge is 0.226 e. The van der Waals surface area contributed by atoms with E-state index in [1.807, 2.05) is 30.3 Å². The Hall–Kier alpha value is -2.40. The van der Waals surface area contributed by atoms with Gasteiger partial charge in [0.05, 0.1) is 6.10 Å². The van der Waals surface area contributed by atoms with Crippen molar-refractivity contribution in [2.45, 2.75) is 44.2 Å². The third-order valence-electron chi connectivity index (χ3n) is 4.44. The van der Waals surface area contributed by atoms with Gasteiger partial charge in [-0.25, -0.2) is 4.39 Å². The molecule has 0 bridgehead atoms. The van der Waals surface area contributed by atoms with Gasteiger partial charge in [0.2, 0.25) is 5.91 Å². The van der Waals surface area contributed by atoms with Crippen molar-refractivity contribution in [3.63, 3.8) is 0 Å². The van der Waals surface area contributed by atoms with E-state index >= 15 is 0 Å². The Morgan fingerprint density at radius 2 is 1.92 bits per heavy atom. The van der Waals surface area contributed by atoms with Gasteiger partial charge in [-0.2, -0.15) is 0 Å². The Morgan fingerprint density at radius 1 is 1.20 bits per heavy atom. The molecule has 2 aromatic rings. The quantitative estimate of drug-likeness (QED) is 0.828. The highest BCUT2D eigenvalue weighted by molar-refractivity contribution is 5.91. The first kappa shape index (κ1) is 17.4. The largest absolute Gasteiger partial charge is 0.487 e. The Kier molecular flexibility index (Phi) is 5.66. The van der Waals surface area contributed by atoms with Crippen molar-refractivity contribution in [3.05, 3.63) is 59.9 Å². The fourth-order valence-electron chi connectivity index (χ4n) is 3.09. The summed E-state index contributed by atoms with van der Waals surface area (Å²) in [5, 5.41) is 2.69. The van der Waals surface area contributed by atoms with E-state index < -0.39 is 11.9 Å². The molecule has 5 heteroatoms. The van der Waals surface area contributed by atoms with Gasteiger partial charge in [0, 0.05) is 24.2 Å². The summed E-state index contributed by atoms with van der Waals surface area (Å²) in [6, 6.07) is 13.5. The molecule has 3 rings (SSSR count). The molecule has 0 aromatic heterocycles. The van der Waals surface area contributed by atoms with E-state index in [1.165, 1.54) is 6.07 Å². The highest BCUT2D eigenvalue weighted by atomic mass is 19.1. The Morgan fingerprint density at radius 3 is 2.60 bits per heavy atom. The van der Waals surface area contributed by atoms with Gasteiger partial charge in [0.25, 0.3) is 0 Å². The SMILES string of the molecule is NC(CC(=O)Nc1ccc(OC2CCCC2)c(F)c1)c1ccccc1. The molecule has 0 spiro atoms. The molecule has 4 nitrogen and oxygen atoms in total. The molecule has 0 saturated heterocycles. The first-order valence-corrected chi connectivity index (χ1v) is 8.68. The van der Waals surface area contributed by atoms with Crippen molar-refractivity contribution in [2.75, 3.05) is 5.32 Å². The van der Waals surface area contributed by atoms with E-state index in [0.717, 1.165) is 31.2 Å². The first-order valence-electron chi connectivity index (χ1n) is 8.68. The third-order valence-corrected chi connectivity index (χ3v) is 4.44. The summed E-state index contributed by atoms with van der Waals surface area (Å²) < 4.78 is 19.9. The molecule has 3 N–H and O–H groups in total. The number of ether oxygens (including phenoxy) is 1. The number of halogens is 1. The lowest BCUT2D eigenvalue weighted by Gasteiger charge is -2.15. The van der Waals surface area contributed by atoms with Crippen molar-refractivity contribution in [3.8, 4) is 5.75 Å². The second-order valence-corrected chi connectivity index (χ2v) is 6.44. The number of amides is 1. The van der Waals surface area contributed by atoms with Crippen LogP contribution in [0.1, 0.15) is 43.7 Å². The number of benzene rings is 2. The lowest BCUT2D eigenvalue weighted by atomic mass is 10.0. The predicted molar refractivity (Wildman–Crippen MR) is 95.9 cm³/mol. The van der Waals surface area contributed by atoms with Gasteiger partial charge in [0.15, 0.2) is 11.6 Å². The number of nitrogens with one attached hydrogen (secondary N) is 1. The van der Waals surface area contributed by atoms with E-state index in [-0.39, 0.29) is 24.2 Å². The zero-order valence-electron chi connectivity index (χ0n) is 14.1. The van der Waals surface area contributed by atoms with E-state index in [0.29, 0.717) is 5.69 Å². The molecule has 0 aliphatic heterocycles. The van der Waals surface area contributed by atoms with Crippen LogP contribution < -0.4 is 15.8 Å². The minimum Gasteiger partial charge on any atom is -0.487 e. The van der Waals surface area contributed by atoms with Gasteiger partial charge in [0.1, 0.15) is 0 Å². The highest BCUT2D eigenvalue weighted by Crippen LogP contribution is 2.27. The van der Waals surface area contributed by atoms with Crippen molar-refractivity contribution in [1.29, 1.82) is 0 Å². The van der Waals surface area contributed by atoms with Crippen molar-refractivity contribution >= 4 is 11.6 Å². The van der Waals surface area contributed by atoms with Crippen LogP contribution in [0.15, 0.2) is 48.5 Å². The zero-order chi connectivity index (χ0) is 17.6. The molecule has 1 amide bonds. The second-order valence-electron chi connectivity index (χ2n) is 6.44. The Labute approximate surface area is 147 Å². The molecule has 2 aromatic carbocycles. The fourth-order valence-corrected chi connectivity index (χ4v) is 3.09. The van der Waals surface area contributed by atoms with E-state index in [1.54, 1.807) is 12.1 Å². The number of rotatable bonds is 6. The fraction of sp³-hybridized carbons (Fsp3) is 0.350. The average molecular weight is 342 g/mol. The van der Waals surface area contributed by atoms with Crippen LogP contribution in [0.25, 0.3) is 0 Å². The number of hydrogen-bond donors (Lipinski definition) is 2. The number of carbonyl (C=O) groups is 1. The average Bonchev–Trinajstić information content (AvgIpc) is 3.11. The molecule has 0 heterocycles. The van der Waals surface area contributed by atoms with Gasteiger partial charge in [-0.05, 0) is 43.4 Å². The van der Waals surface area contributed by atoms with Gasteiger partial charge >= 0.3 is 0 Å². The Bertz CT molecular complexity index is 715. The molecule has 1 aliphatic rings. The van der Waals surface area contributed by atoms with Gasteiger partial charge < -0.3 is 15.8 Å². The molecular formula is C20H23FN2O2. The van der Waals surface area contributed by atoms with Crippen LogP contribution in [0.2, 0.25) is 0 Å². The summed E-state index contributed by atoms with van der Waals surface area (Å²) in [5.41, 5.74) is 7.34. The maximum absolute atomic E-state index is 14.2. The van der Waals surface area contributed by atoms with Crippen LogP contribution in [-0.4, -0.2) is 12.0 Å². The number of carbonyl (C=O) groups excluding carboxylic acids is 1. The van der Waals surface area contributed by atoms with Gasteiger partial charge in [-0.3, -0.25) is 4.79 Å². The third kappa shape index (κ3) is 4.79. The summed E-state index contributed by atoms with van der Waals surface area (Å²) >= 11 is 0. The molecule has 1 unspecified atom stereocenters. The van der Waals surface area contributed by atoms with Gasteiger partial charge in [-0.15, -0.1) is 0 Å². The van der Waals surface area contributed by atoms with Crippen molar-refractivity contribution in [1.82, 2.24) is 0 Å². The topological polar surface area (TPSA) is 64.4 Å². The van der Waals surface area contributed by atoms with E-state index in [4.69, 9.17) is 10.5 Å². The predicted octanol–water partition coefficient (Wildman–Crippen LogP) is 4.18. The van der Waals surface area contributed by atoms with Crippen LogP contribution in [0, 0.1) is 5.82 Å². The monoisotopic (exact) mass is 342 g/mol. The summed E-state index contributed by atoms with van der Waals surface area (Å²) in [6.07, 6.45) is 4.42. The number of hydrogen-bond acceptors (Lipinski definition) is 3. The number of anilines is 1. The molecule has 1 atom stereocenters. The van der Waals surface area contributed by atoms with Crippen LogP contribution in [-0.2, 0) is 4.79 Å². The highest BCUT2D eigenvalue weighted by Gasteiger charge is 2.18.